The lowest BCUT2D eigenvalue weighted by Gasteiger charge is -2.37. The van der Waals surface area contributed by atoms with Gasteiger partial charge in [-0.1, -0.05) is 18.6 Å². The number of piperidine rings is 1. The van der Waals surface area contributed by atoms with Gasteiger partial charge in [-0.3, -0.25) is 0 Å². The molecule has 0 radical (unpaired) electrons. The van der Waals surface area contributed by atoms with Crippen molar-refractivity contribution in [1.82, 2.24) is 5.32 Å². The summed E-state index contributed by atoms with van der Waals surface area (Å²) in [5, 5.41) is 22.4. The minimum Gasteiger partial charge on any atom is -0.508 e. The minimum absolute atomic E-state index is 0.155. The number of hydrogen-bond acceptors (Lipinski definition) is 3. The van der Waals surface area contributed by atoms with Crippen LogP contribution in [0.5, 0.6) is 5.75 Å². The van der Waals surface area contributed by atoms with Crippen molar-refractivity contribution in [2.75, 3.05) is 13.2 Å². The quantitative estimate of drug-likeness (QED) is 0.724. The van der Waals surface area contributed by atoms with Gasteiger partial charge in [0.2, 0.25) is 0 Å². The topological polar surface area (TPSA) is 52.5 Å². The van der Waals surface area contributed by atoms with Gasteiger partial charge in [-0.2, -0.15) is 0 Å². The highest BCUT2D eigenvalue weighted by Crippen LogP contribution is 2.24. The Kier molecular flexibility index (Phi) is 3.46. The van der Waals surface area contributed by atoms with Crippen LogP contribution in [0.3, 0.4) is 0 Å². The van der Waals surface area contributed by atoms with E-state index in [-0.39, 0.29) is 12.1 Å². The van der Waals surface area contributed by atoms with Crippen molar-refractivity contribution < 1.29 is 10.2 Å². The molecule has 2 rings (SSSR count). The van der Waals surface area contributed by atoms with Gasteiger partial charge in [-0.15, -0.1) is 0 Å². The van der Waals surface area contributed by atoms with Crippen LogP contribution < -0.4 is 5.32 Å². The maximum atomic E-state index is 9.55. The summed E-state index contributed by atoms with van der Waals surface area (Å²) in [5.41, 5.74) is 0.884. The van der Waals surface area contributed by atoms with Crippen molar-refractivity contribution in [1.29, 1.82) is 0 Å². The van der Waals surface area contributed by atoms with E-state index in [0.29, 0.717) is 5.75 Å². The highest BCUT2D eigenvalue weighted by atomic mass is 16.3. The molecule has 1 saturated heterocycles. The fraction of sp³-hybridized carbons (Fsp3) is 0.538. The Labute approximate surface area is 96.1 Å². The van der Waals surface area contributed by atoms with E-state index in [1.165, 1.54) is 6.42 Å². The number of nitrogens with one attached hydrogen (secondary N) is 1. The second kappa shape index (κ2) is 4.85. The molecule has 0 aliphatic carbocycles. The molecule has 1 unspecified atom stereocenters. The summed E-state index contributed by atoms with van der Waals surface area (Å²) in [6, 6.07) is 7.28. The Morgan fingerprint density at radius 2 is 2.19 bits per heavy atom. The number of aromatic hydroxyl groups is 1. The van der Waals surface area contributed by atoms with E-state index in [4.69, 9.17) is 0 Å². The second-order valence-electron chi connectivity index (χ2n) is 4.67. The van der Waals surface area contributed by atoms with Crippen molar-refractivity contribution >= 4 is 0 Å². The summed E-state index contributed by atoms with van der Waals surface area (Å²) in [7, 11) is 0. The molecule has 0 saturated carbocycles. The molecule has 0 spiro atoms. The van der Waals surface area contributed by atoms with E-state index in [1.54, 1.807) is 12.1 Å². The average molecular weight is 221 g/mol. The minimum atomic E-state index is -0.188. The summed E-state index contributed by atoms with van der Waals surface area (Å²) in [4.78, 5) is 0. The monoisotopic (exact) mass is 221 g/mol. The fourth-order valence-corrected chi connectivity index (χ4v) is 2.43. The zero-order chi connectivity index (χ0) is 11.4. The van der Waals surface area contributed by atoms with Crippen LogP contribution in [0.25, 0.3) is 0 Å². The van der Waals surface area contributed by atoms with Gasteiger partial charge in [0, 0.05) is 5.54 Å². The molecule has 88 valence electrons. The first-order valence-corrected chi connectivity index (χ1v) is 5.88. The van der Waals surface area contributed by atoms with E-state index < -0.39 is 0 Å². The zero-order valence-electron chi connectivity index (χ0n) is 9.45. The number of rotatable bonds is 3. The smallest absolute Gasteiger partial charge is 0.115 e. The van der Waals surface area contributed by atoms with E-state index in [2.05, 4.69) is 5.32 Å². The van der Waals surface area contributed by atoms with Crippen molar-refractivity contribution in [3.63, 3.8) is 0 Å². The maximum absolute atomic E-state index is 9.55. The second-order valence-corrected chi connectivity index (χ2v) is 4.67. The van der Waals surface area contributed by atoms with Crippen LogP contribution in [-0.4, -0.2) is 28.9 Å². The molecule has 0 bridgehead atoms. The molecule has 1 aromatic carbocycles. The van der Waals surface area contributed by atoms with Crippen molar-refractivity contribution in [2.45, 2.75) is 31.2 Å². The molecule has 1 aliphatic heterocycles. The molecule has 0 aromatic heterocycles. The predicted molar refractivity (Wildman–Crippen MR) is 63.5 cm³/mol. The van der Waals surface area contributed by atoms with Gasteiger partial charge >= 0.3 is 0 Å². The average Bonchev–Trinajstić information content (AvgIpc) is 2.30. The summed E-state index contributed by atoms with van der Waals surface area (Å²) >= 11 is 0. The third-order valence-corrected chi connectivity index (χ3v) is 3.34. The molecule has 3 nitrogen and oxygen atoms in total. The number of hydrogen-bond donors (Lipinski definition) is 3. The zero-order valence-corrected chi connectivity index (χ0v) is 9.45. The van der Waals surface area contributed by atoms with E-state index >= 15 is 0 Å². The summed E-state index contributed by atoms with van der Waals surface area (Å²) in [5.74, 6) is 0.293. The van der Waals surface area contributed by atoms with Crippen LogP contribution in [0.1, 0.15) is 24.8 Å². The highest BCUT2D eigenvalue weighted by molar-refractivity contribution is 5.28. The molecule has 1 heterocycles. The standard InChI is InChI=1S/C13H19NO2/c15-10-13(6-1-2-7-14-13)9-11-4-3-5-12(16)8-11/h3-5,8,14-16H,1-2,6-7,9-10H2. The van der Waals surface area contributed by atoms with Gasteiger partial charge in [0.15, 0.2) is 0 Å². The van der Waals surface area contributed by atoms with E-state index in [9.17, 15) is 10.2 Å². The normalized spacial score (nSPS) is 25.6. The van der Waals surface area contributed by atoms with E-state index in [0.717, 1.165) is 31.4 Å². The number of aliphatic hydroxyl groups excluding tert-OH is 1. The third kappa shape index (κ3) is 2.54. The molecule has 3 heteroatoms. The third-order valence-electron chi connectivity index (χ3n) is 3.34. The molecule has 3 N–H and O–H groups in total. The number of benzene rings is 1. The summed E-state index contributed by atoms with van der Waals surface area (Å²) in [6.07, 6.45) is 4.12. The van der Waals surface area contributed by atoms with Gasteiger partial charge in [0.25, 0.3) is 0 Å². The first-order valence-electron chi connectivity index (χ1n) is 5.88. The molecule has 1 atom stereocenters. The van der Waals surface area contributed by atoms with Gasteiger partial charge in [0.1, 0.15) is 5.75 Å². The lowest BCUT2D eigenvalue weighted by Crippen LogP contribution is -2.53. The van der Waals surface area contributed by atoms with Crippen LogP contribution >= 0.6 is 0 Å². The number of phenols is 1. The van der Waals surface area contributed by atoms with Crippen molar-refractivity contribution in [2.24, 2.45) is 0 Å². The molecule has 16 heavy (non-hydrogen) atoms. The first-order chi connectivity index (χ1) is 7.74. The Morgan fingerprint density at radius 1 is 1.31 bits per heavy atom. The molecule has 1 aliphatic rings. The highest BCUT2D eigenvalue weighted by Gasteiger charge is 2.30. The molecule has 1 fully saturated rings. The van der Waals surface area contributed by atoms with Crippen molar-refractivity contribution in [3.05, 3.63) is 29.8 Å². The van der Waals surface area contributed by atoms with Gasteiger partial charge in [-0.25, -0.2) is 0 Å². The Balaban J connectivity index is 2.11. The first kappa shape index (κ1) is 11.4. The summed E-state index contributed by atoms with van der Waals surface area (Å²) < 4.78 is 0. The van der Waals surface area contributed by atoms with Crippen LogP contribution in [0.15, 0.2) is 24.3 Å². The Hall–Kier alpha value is -1.06. The molecular weight excluding hydrogens is 202 g/mol. The number of aliphatic hydroxyl groups is 1. The molecule has 0 amide bonds. The van der Waals surface area contributed by atoms with Gasteiger partial charge in [-0.05, 0) is 43.5 Å². The lowest BCUT2D eigenvalue weighted by molar-refractivity contribution is 0.131. The number of phenolic OH excluding ortho intramolecular Hbond substituents is 1. The van der Waals surface area contributed by atoms with Crippen LogP contribution in [-0.2, 0) is 6.42 Å². The largest absolute Gasteiger partial charge is 0.508 e. The summed E-state index contributed by atoms with van der Waals surface area (Å²) in [6.45, 7) is 1.13. The van der Waals surface area contributed by atoms with Crippen LogP contribution in [0.4, 0.5) is 0 Å². The predicted octanol–water partition coefficient (Wildman–Crippen LogP) is 1.44. The Morgan fingerprint density at radius 3 is 2.81 bits per heavy atom. The molecule has 1 aromatic rings. The molecular formula is C13H19NO2. The Bertz CT molecular complexity index is 346. The fourth-order valence-electron chi connectivity index (χ4n) is 2.43. The lowest BCUT2D eigenvalue weighted by atomic mass is 9.84. The van der Waals surface area contributed by atoms with Crippen LogP contribution in [0.2, 0.25) is 0 Å². The maximum Gasteiger partial charge on any atom is 0.115 e. The van der Waals surface area contributed by atoms with Crippen LogP contribution in [0, 0.1) is 0 Å². The van der Waals surface area contributed by atoms with Gasteiger partial charge in [0.05, 0.1) is 6.61 Å². The van der Waals surface area contributed by atoms with Crippen molar-refractivity contribution in [3.8, 4) is 5.75 Å². The van der Waals surface area contributed by atoms with Gasteiger partial charge < -0.3 is 15.5 Å². The SMILES string of the molecule is OCC1(Cc2cccc(O)c2)CCCCN1. The van der Waals surface area contributed by atoms with E-state index in [1.807, 2.05) is 12.1 Å².